The van der Waals surface area contributed by atoms with Gasteiger partial charge in [-0.15, -0.1) is 0 Å². The van der Waals surface area contributed by atoms with Gasteiger partial charge in [0.05, 0.1) is 11.7 Å². The van der Waals surface area contributed by atoms with E-state index in [1.807, 2.05) is 19.3 Å². The van der Waals surface area contributed by atoms with Crippen molar-refractivity contribution in [3.8, 4) is 5.88 Å². The standard InChI is InChI=1S/C9H12ClN3O2/c1-5(2)15-9-7(10)3-6(4-12-9)8(14)13-11/h3-5H,11H2,1-2H3,(H,13,14). The lowest BCUT2D eigenvalue weighted by Crippen LogP contribution is -2.30. The van der Waals surface area contributed by atoms with E-state index in [0.717, 1.165) is 0 Å². The van der Waals surface area contributed by atoms with Crippen LogP contribution in [0.1, 0.15) is 24.2 Å². The van der Waals surface area contributed by atoms with Crippen LogP contribution in [0.5, 0.6) is 5.88 Å². The van der Waals surface area contributed by atoms with Gasteiger partial charge in [-0.25, -0.2) is 10.8 Å². The Morgan fingerprint density at radius 3 is 2.80 bits per heavy atom. The van der Waals surface area contributed by atoms with E-state index >= 15 is 0 Å². The highest BCUT2D eigenvalue weighted by Crippen LogP contribution is 2.23. The Hall–Kier alpha value is -1.33. The first kappa shape index (κ1) is 11.7. The number of aromatic nitrogens is 1. The molecule has 0 saturated carbocycles. The number of hydrogen-bond donors (Lipinski definition) is 2. The van der Waals surface area contributed by atoms with E-state index in [1.165, 1.54) is 12.3 Å². The number of ether oxygens (including phenoxy) is 1. The third kappa shape index (κ3) is 3.07. The Bertz CT molecular complexity index is 368. The van der Waals surface area contributed by atoms with Crippen LogP contribution in [0.15, 0.2) is 12.3 Å². The normalized spacial score (nSPS) is 10.2. The molecule has 5 nitrogen and oxygen atoms in total. The topological polar surface area (TPSA) is 77.2 Å². The number of amides is 1. The van der Waals surface area contributed by atoms with Crippen molar-refractivity contribution in [3.05, 3.63) is 22.8 Å². The van der Waals surface area contributed by atoms with Gasteiger partial charge in [-0.1, -0.05) is 11.6 Å². The molecule has 0 aromatic carbocycles. The highest BCUT2D eigenvalue weighted by molar-refractivity contribution is 6.32. The molecule has 15 heavy (non-hydrogen) atoms. The second-order valence-electron chi connectivity index (χ2n) is 3.15. The number of halogens is 1. The van der Waals surface area contributed by atoms with Crippen LogP contribution in [-0.4, -0.2) is 17.0 Å². The molecule has 0 atom stereocenters. The molecule has 0 unspecified atom stereocenters. The minimum absolute atomic E-state index is 0.0239. The number of hydrazine groups is 1. The summed E-state index contributed by atoms with van der Waals surface area (Å²) in [7, 11) is 0. The largest absolute Gasteiger partial charge is 0.474 e. The summed E-state index contributed by atoms with van der Waals surface area (Å²) in [4.78, 5) is 15.0. The monoisotopic (exact) mass is 229 g/mol. The quantitative estimate of drug-likeness (QED) is 0.463. The summed E-state index contributed by atoms with van der Waals surface area (Å²) in [6.45, 7) is 3.72. The molecule has 1 heterocycles. The number of rotatable bonds is 3. The van der Waals surface area contributed by atoms with E-state index in [4.69, 9.17) is 22.2 Å². The number of carbonyl (C=O) groups excluding carboxylic acids is 1. The fraction of sp³-hybridized carbons (Fsp3) is 0.333. The molecule has 1 aromatic heterocycles. The van der Waals surface area contributed by atoms with Crippen molar-refractivity contribution in [1.82, 2.24) is 10.4 Å². The molecule has 0 aliphatic heterocycles. The maximum absolute atomic E-state index is 11.1. The molecule has 0 spiro atoms. The van der Waals surface area contributed by atoms with Crippen molar-refractivity contribution >= 4 is 17.5 Å². The molecule has 0 radical (unpaired) electrons. The van der Waals surface area contributed by atoms with Gasteiger partial charge >= 0.3 is 0 Å². The maximum atomic E-state index is 11.1. The summed E-state index contributed by atoms with van der Waals surface area (Å²) >= 11 is 5.87. The van der Waals surface area contributed by atoms with Crippen LogP contribution in [-0.2, 0) is 0 Å². The predicted octanol–water partition coefficient (Wildman–Crippen LogP) is 1.13. The number of carbonyl (C=O) groups is 1. The number of nitrogens with two attached hydrogens (primary N) is 1. The molecule has 1 amide bonds. The maximum Gasteiger partial charge on any atom is 0.266 e. The van der Waals surface area contributed by atoms with E-state index in [-0.39, 0.29) is 11.1 Å². The predicted molar refractivity (Wildman–Crippen MR) is 56.7 cm³/mol. The molecule has 1 rings (SSSR count). The molecular formula is C9H12ClN3O2. The fourth-order valence-electron chi connectivity index (χ4n) is 0.943. The summed E-state index contributed by atoms with van der Waals surface area (Å²) in [5.74, 6) is 4.83. The highest BCUT2D eigenvalue weighted by atomic mass is 35.5. The second-order valence-corrected chi connectivity index (χ2v) is 3.56. The van der Waals surface area contributed by atoms with Gasteiger partial charge in [0.15, 0.2) is 0 Å². The zero-order valence-electron chi connectivity index (χ0n) is 8.45. The first-order chi connectivity index (χ1) is 7.04. The van der Waals surface area contributed by atoms with Crippen LogP contribution in [0.3, 0.4) is 0 Å². The second kappa shape index (κ2) is 4.95. The highest BCUT2D eigenvalue weighted by Gasteiger charge is 2.10. The van der Waals surface area contributed by atoms with Gasteiger partial charge in [-0.3, -0.25) is 10.2 Å². The average molecular weight is 230 g/mol. The van der Waals surface area contributed by atoms with E-state index in [1.54, 1.807) is 0 Å². The number of pyridine rings is 1. The van der Waals surface area contributed by atoms with Crippen molar-refractivity contribution in [1.29, 1.82) is 0 Å². The summed E-state index contributed by atoms with van der Waals surface area (Å²) < 4.78 is 5.31. The van der Waals surface area contributed by atoms with E-state index in [2.05, 4.69) is 4.98 Å². The number of nitrogens with one attached hydrogen (secondary N) is 1. The molecule has 0 aliphatic rings. The Balaban J connectivity index is 2.93. The SMILES string of the molecule is CC(C)Oc1ncc(C(=O)NN)cc1Cl. The van der Waals surface area contributed by atoms with Gasteiger partial charge in [0.25, 0.3) is 5.91 Å². The van der Waals surface area contributed by atoms with Gasteiger partial charge in [0.1, 0.15) is 5.02 Å². The van der Waals surface area contributed by atoms with Crippen molar-refractivity contribution in [2.75, 3.05) is 0 Å². The van der Waals surface area contributed by atoms with Gasteiger partial charge in [0, 0.05) is 6.20 Å². The summed E-state index contributed by atoms with van der Waals surface area (Å²) in [5, 5.41) is 0.282. The summed E-state index contributed by atoms with van der Waals surface area (Å²) in [6.07, 6.45) is 1.33. The summed E-state index contributed by atoms with van der Waals surface area (Å²) in [5.41, 5.74) is 2.28. The third-order valence-corrected chi connectivity index (χ3v) is 1.82. The van der Waals surface area contributed by atoms with Gasteiger partial charge in [-0.2, -0.15) is 0 Å². The van der Waals surface area contributed by atoms with Crippen molar-refractivity contribution in [2.45, 2.75) is 20.0 Å². The smallest absolute Gasteiger partial charge is 0.266 e. The first-order valence-electron chi connectivity index (χ1n) is 4.37. The lowest BCUT2D eigenvalue weighted by atomic mass is 10.3. The van der Waals surface area contributed by atoms with Crippen LogP contribution in [0.2, 0.25) is 5.02 Å². The fourth-order valence-corrected chi connectivity index (χ4v) is 1.15. The number of hydrogen-bond acceptors (Lipinski definition) is 4. The number of nitrogen functional groups attached to an aromatic ring is 1. The lowest BCUT2D eigenvalue weighted by molar-refractivity contribution is 0.0953. The molecule has 0 fully saturated rings. The van der Waals surface area contributed by atoms with Gasteiger partial charge in [-0.05, 0) is 19.9 Å². The molecule has 0 saturated heterocycles. The molecule has 6 heteroatoms. The minimum atomic E-state index is -0.444. The zero-order chi connectivity index (χ0) is 11.4. The van der Waals surface area contributed by atoms with Crippen molar-refractivity contribution in [3.63, 3.8) is 0 Å². The zero-order valence-corrected chi connectivity index (χ0v) is 9.21. The van der Waals surface area contributed by atoms with Crippen LogP contribution in [0, 0.1) is 0 Å². The molecule has 82 valence electrons. The van der Waals surface area contributed by atoms with Crippen LogP contribution >= 0.6 is 11.6 Å². The van der Waals surface area contributed by atoms with E-state index in [0.29, 0.717) is 11.4 Å². The van der Waals surface area contributed by atoms with E-state index < -0.39 is 5.91 Å². The molecule has 0 aliphatic carbocycles. The number of nitrogens with zero attached hydrogens (tertiary/aromatic N) is 1. The molecule has 3 N–H and O–H groups in total. The van der Waals surface area contributed by atoms with Gasteiger partial charge < -0.3 is 4.74 Å². The van der Waals surface area contributed by atoms with Crippen molar-refractivity contribution in [2.24, 2.45) is 5.84 Å². The average Bonchev–Trinajstić information content (AvgIpc) is 2.19. The Morgan fingerprint density at radius 1 is 1.67 bits per heavy atom. The van der Waals surface area contributed by atoms with Gasteiger partial charge in [0.2, 0.25) is 5.88 Å². The Kier molecular flexibility index (Phi) is 3.88. The summed E-state index contributed by atoms with van der Waals surface area (Å²) in [6, 6.07) is 1.45. The third-order valence-electron chi connectivity index (χ3n) is 1.55. The molecule has 1 aromatic rings. The Morgan fingerprint density at radius 2 is 2.33 bits per heavy atom. The molecular weight excluding hydrogens is 218 g/mol. The van der Waals surface area contributed by atoms with Crippen LogP contribution in [0.4, 0.5) is 0 Å². The van der Waals surface area contributed by atoms with E-state index in [9.17, 15) is 4.79 Å². The first-order valence-corrected chi connectivity index (χ1v) is 4.75. The van der Waals surface area contributed by atoms with Crippen LogP contribution < -0.4 is 16.0 Å². The molecule has 0 bridgehead atoms. The Labute approximate surface area is 92.5 Å². The van der Waals surface area contributed by atoms with Crippen LogP contribution in [0.25, 0.3) is 0 Å². The van der Waals surface area contributed by atoms with Crippen molar-refractivity contribution < 1.29 is 9.53 Å². The minimum Gasteiger partial charge on any atom is -0.474 e. The lowest BCUT2D eigenvalue weighted by Gasteiger charge is -2.10.